The molecule has 0 aliphatic heterocycles. The first-order valence-corrected chi connectivity index (χ1v) is 9.28. The number of nitrogens with one attached hydrogen (secondary N) is 1. The third-order valence-electron chi connectivity index (χ3n) is 5.23. The van der Waals surface area contributed by atoms with E-state index in [0.717, 1.165) is 23.4 Å². The summed E-state index contributed by atoms with van der Waals surface area (Å²) in [5.41, 5.74) is 2.30. The van der Waals surface area contributed by atoms with Crippen molar-refractivity contribution in [1.82, 2.24) is 15.0 Å². The second-order valence-corrected chi connectivity index (χ2v) is 7.16. The van der Waals surface area contributed by atoms with Gasteiger partial charge in [-0.1, -0.05) is 30.3 Å². The molecule has 3 aromatic rings. The standard InChI is InChI=1S/C22H22N4O2/c1-15-20(13-24-16(2)25-15)28-14-22(17-6-4-3-5-7-17)12-19(22)21(27)26-18-8-10-23-11-9-18/h3-11,13,19H,12,14H2,1-2H3,(H,23,26,27)/t19-,22+/m0/s1. The van der Waals surface area contributed by atoms with E-state index < -0.39 is 0 Å². The number of ether oxygens (including phenoxy) is 1. The number of carbonyl (C=O) groups is 1. The van der Waals surface area contributed by atoms with Crippen molar-refractivity contribution in [2.45, 2.75) is 25.7 Å². The third kappa shape index (κ3) is 3.58. The number of hydrogen-bond donors (Lipinski definition) is 1. The highest BCUT2D eigenvalue weighted by molar-refractivity contribution is 5.96. The number of benzene rings is 1. The molecule has 1 aromatic carbocycles. The molecule has 1 saturated carbocycles. The van der Waals surface area contributed by atoms with Gasteiger partial charge in [-0.05, 0) is 38.0 Å². The van der Waals surface area contributed by atoms with Gasteiger partial charge in [0.2, 0.25) is 5.91 Å². The fraction of sp³-hybridized carbons (Fsp3) is 0.273. The Kier molecular flexibility index (Phi) is 4.77. The summed E-state index contributed by atoms with van der Waals surface area (Å²) in [5, 5.41) is 2.99. The van der Waals surface area contributed by atoms with E-state index >= 15 is 0 Å². The predicted molar refractivity (Wildman–Crippen MR) is 106 cm³/mol. The molecule has 0 radical (unpaired) electrons. The Balaban J connectivity index is 1.54. The fourth-order valence-corrected chi connectivity index (χ4v) is 3.57. The minimum Gasteiger partial charge on any atom is -0.489 e. The maximum Gasteiger partial charge on any atom is 0.228 e. The van der Waals surface area contributed by atoms with E-state index in [1.807, 2.05) is 32.0 Å². The number of nitrogens with zero attached hydrogens (tertiary/aromatic N) is 3. The van der Waals surface area contributed by atoms with Crippen molar-refractivity contribution in [2.75, 3.05) is 11.9 Å². The van der Waals surface area contributed by atoms with Gasteiger partial charge in [0.1, 0.15) is 5.82 Å². The lowest BCUT2D eigenvalue weighted by Crippen LogP contribution is -2.26. The molecule has 1 fully saturated rings. The van der Waals surface area contributed by atoms with Crippen LogP contribution in [0.4, 0.5) is 5.69 Å². The molecule has 1 aliphatic carbocycles. The van der Waals surface area contributed by atoms with Crippen LogP contribution in [0.25, 0.3) is 0 Å². The highest BCUT2D eigenvalue weighted by Gasteiger charge is 2.60. The number of anilines is 1. The monoisotopic (exact) mass is 374 g/mol. The minimum absolute atomic E-state index is 0.00414. The molecule has 2 aromatic heterocycles. The lowest BCUT2D eigenvalue weighted by Gasteiger charge is -2.19. The average Bonchev–Trinajstić information content (AvgIpc) is 3.45. The van der Waals surface area contributed by atoms with Gasteiger partial charge in [0.25, 0.3) is 0 Å². The van der Waals surface area contributed by atoms with E-state index in [1.54, 1.807) is 30.7 Å². The van der Waals surface area contributed by atoms with Gasteiger partial charge in [-0.2, -0.15) is 0 Å². The van der Waals surface area contributed by atoms with Gasteiger partial charge in [-0.15, -0.1) is 0 Å². The fourth-order valence-electron chi connectivity index (χ4n) is 3.57. The van der Waals surface area contributed by atoms with Gasteiger partial charge >= 0.3 is 0 Å². The van der Waals surface area contributed by atoms with E-state index in [4.69, 9.17) is 4.74 Å². The van der Waals surface area contributed by atoms with Crippen LogP contribution < -0.4 is 10.1 Å². The number of hydrogen-bond acceptors (Lipinski definition) is 5. The van der Waals surface area contributed by atoms with Crippen LogP contribution >= 0.6 is 0 Å². The summed E-state index contributed by atoms with van der Waals surface area (Å²) < 4.78 is 6.09. The summed E-state index contributed by atoms with van der Waals surface area (Å²) in [6.45, 7) is 4.15. The van der Waals surface area contributed by atoms with Gasteiger partial charge in [0.15, 0.2) is 5.75 Å². The SMILES string of the molecule is Cc1ncc(OC[C@@]2(c3ccccc3)C[C@H]2C(=O)Nc2ccncc2)c(C)n1. The Morgan fingerprint density at radius 1 is 1.18 bits per heavy atom. The van der Waals surface area contributed by atoms with Crippen molar-refractivity contribution >= 4 is 11.6 Å². The van der Waals surface area contributed by atoms with E-state index in [9.17, 15) is 4.79 Å². The predicted octanol–water partition coefficient (Wildman–Crippen LogP) is 3.46. The highest BCUT2D eigenvalue weighted by atomic mass is 16.5. The first-order chi connectivity index (χ1) is 13.6. The van der Waals surface area contributed by atoms with E-state index in [2.05, 4.69) is 32.4 Å². The van der Waals surface area contributed by atoms with Crippen LogP contribution in [0.5, 0.6) is 5.75 Å². The summed E-state index contributed by atoms with van der Waals surface area (Å²) in [4.78, 5) is 25.4. The van der Waals surface area contributed by atoms with Gasteiger partial charge in [-0.25, -0.2) is 9.97 Å². The minimum atomic E-state index is -0.351. The average molecular weight is 374 g/mol. The summed E-state index contributed by atoms with van der Waals surface area (Å²) in [6.07, 6.45) is 5.76. The van der Waals surface area contributed by atoms with E-state index in [1.165, 1.54) is 0 Å². The molecule has 1 amide bonds. The highest BCUT2D eigenvalue weighted by Crippen LogP contribution is 2.55. The smallest absolute Gasteiger partial charge is 0.228 e. The molecular formula is C22H22N4O2. The van der Waals surface area contributed by atoms with Crippen LogP contribution in [-0.4, -0.2) is 27.5 Å². The zero-order valence-electron chi connectivity index (χ0n) is 15.9. The Labute approximate surface area is 164 Å². The number of rotatable bonds is 6. The second kappa shape index (κ2) is 7.38. The van der Waals surface area contributed by atoms with Crippen LogP contribution in [0.1, 0.15) is 23.5 Å². The maximum absolute atomic E-state index is 12.9. The van der Waals surface area contributed by atoms with Gasteiger partial charge in [0.05, 0.1) is 24.4 Å². The Morgan fingerprint density at radius 3 is 2.64 bits per heavy atom. The van der Waals surface area contributed by atoms with Crippen LogP contribution in [0.15, 0.2) is 61.1 Å². The number of pyridine rings is 1. The van der Waals surface area contributed by atoms with Crippen molar-refractivity contribution < 1.29 is 9.53 Å². The normalized spacial score (nSPS) is 20.4. The zero-order valence-corrected chi connectivity index (χ0v) is 15.9. The molecule has 1 N–H and O–H groups in total. The summed E-state index contributed by atoms with van der Waals surface area (Å²) in [5.74, 6) is 1.20. The lowest BCUT2D eigenvalue weighted by molar-refractivity contribution is -0.117. The Hall–Kier alpha value is -3.28. The number of carbonyl (C=O) groups excluding carboxylic acids is 1. The Bertz CT molecular complexity index is 978. The molecular weight excluding hydrogens is 352 g/mol. The topological polar surface area (TPSA) is 77.0 Å². The molecule has 28 heavy (non-hydrogen) atoms. The molecule has 6 nitrogen and oxygen atoms in total. The molecule has 0 saturated heterocycles. The number of aromatic nitrogens is 3. The molecule has 0 spiro atoms. The van der Waals surface area contributed by atoms with Crippen molar-refractivity contribution in [2.24, 2.45) is 5.92 Å². The first-order valence-electron chi connectivity index (χ1n) is 9.28. The lowest BCUT2D eigenvalue weighted by atomic mass is 9.93. The van der Waals surface area contributed by atoms with Gasteiger partial charge in [0, 0.05) is 23.5 Å². The van der Waals surface area contributed by atoms with Crippen molar-refractivity contribution in [3.05, 3.63) is 78.1 Å². The second-order valence-electron chi connectivity index (χ2n) is 7.16. The quantitative estimate of drug-likeness (QED) is 0.715. The van der Waals surface area contributed by atoms with Crippen LogP contribution in [0, 0.1) is 19.8 Å². The molecule has 4 rings (SSSR count). The molecule has 1 aliphatic rings. The van der Waals surface area contributed by atoms with Gasteiger partial charge < -0.3 is 10.1 Å². The summed E-state index contributed by atoms with van der Waals surface area (Å²) >= 11 is 0. The summed E-state index contributed by atoms with van der Waals surface area (Å²) in [7, 11) is 0. The summed E-state index contributed by atoms with van der Waals surface area (Å²) in [6, 6.07) is 13.6. The largest absolute Gasteiger partial charge is 0.489 e. The van der Waals surface area contributed by atoms with Crippen LogP contribution in [0.2, 0.25) is 0 Å². The molecule has 2 heterocycles. The molecule has 0 bridgehead atoms. The molecule has 2 atom stereocenters. The maximum atomic E-state index is 12.9. The molecule has 142 valence electrons. The number of amides is 1. The van der Waals surface area contributed by atoms with Crippen molar-refractivity contribution in [3.63, 3.8) is 0 Å². The number of aryl methyl sites for hydroxylation is 2. The van der Waals surface area contributed by atoms with Crippen LogP contribution in [0.3, 0.4) is 0 Å². The van der Waals surface area contributed by atoms with E-state index in [0.29, 0.717) is 18.2 Å². The zero-order chi connectivity index (χ0) is 19.6. The Morgan fingerprint density at radius 2 is 1.93 bits per heavy atom. The van der Waals surface area contributed by atoms with Crippen molar-refractivity contribution in [3.8, 4) is 5.75 Å². The molecule has 0 unspecified atom stereocenters. The molecule has 6 heteroatoms. The third-order valence-corrected chi connectivity index (χ3v) is 5.23. The van der Waals surface area contributed by atoms with Crippen molar-refractivity contribution in [1.29, 1.82) is 0 Å². The van der Waals surface area contributed by atoms with Gasteiger partial charge in [-0.3, -0.25) is 9.78 Å². The first kappa shape index (κ1) is 18.1. The van der Waals surface area contributed by atoms with E-state index in [-0.39, 0.29) is 17.2 Å². The van der Waals surface area contributed by atoms with Crippen LogP contribution in [-0.2, 0) is 10.2 Å².